The van der Waals surface area contributed by atoms with Crippen molar-refractivity contribution in [2.75, 3.05) is 0 Å². The average molecular weight is 288 g/mol. The highest BCUT2D eigenvalue weighted by Crippen LogP contribution is 2.21. The fourth-order valence-electron chi connectivity index (χ4n) is 2.37. The Morgan fingerprint density at radius 3 is 2.52 bits per heavy atom. The number of nitrogens with one attached hydrogen (secondary N) is 1. The summed E-state index contributed by atoms with van der Waals surface area (Å²) in [5, 5.41) is 12.8. The molecule has 0 aliphatic rings. The van der Waals surface area contributed by atoms with E-state index in [1.807, 2.05) is 45.0 Å². The van der Waals surface area contributed by atoms with Gasteiger partial charge < -0.3 is 15.0 Å². The molecule has 0 atom stereocenters. The Kier molecular flexibility index (Phi) is 4.02. The molecule has 1 aromatic carbocycles. The molecule has 5 nitrogen and oxygen atoms in total. The van der Waals surface area contributed by atoms with Crippen LogP contribution >= 0.6 is 0 Å². The van der Waals surface area contributed by atoms with Crippen molar-refractivity contribution < 1.29 is 14.7 Å². The van der Waals surface area contributed by atoms with Gasteiger partial charge in [-0.3, -0.25) is 9.59 Å². The molecule has 0 saturated carbocycles. The topological polar surface area (TPSA) is 71.3 Å². The predicted molar refractivity (Wildman–Crippen MR) is 81.2 cm³/mol. The van der Waals surface area contributed by atoms with Crippen molar-refractivity contribution >= 4 is 22.8 Å². The van der Waals surface area contributed by atoms with Crippen molar-refractivity contribution in [1.82, 2.24) is 9.88 Å². The summed E-state index contributed by atoms with van der Waals surface area (Å²) in [6, 6.07) is 7.52. The first-order valence-corrected chi connectivity index (χ1v) is 6.86. The summed E-state index contributed by atoms with van der Waals surface area (Å²) in [6.07, 6.45) is 1.70. The fraction of sp³-hybridized carbons (Fsp3) is 0.375. The van der Waals surface area contributed by atoms with Gasteiger partial charge in [0.2, 0.25) is 5.91 Å². The highest BCUT2D eigenvalue weighted by atomic mass is 16.4. The molecule has 2 N–H and O–H groups in total. The summed E-state index contributed by atoms with van der Waals surface area (Å²) in [5.41, 5.74) is 1.31. The van der Waals surface area contributed by atoms with Gasteiger partial charge in [0.1, 0.15) is 6.54 Å². The van der Waals surface area contributed by atoms with E-state index in [4.69, 9.17) is 5.11 Å². The number of benzene rings is 1. The van der Waals surface area contributed by atoms with Crippen molar-refractivity contribution in [3.63, 3.8) is 0 Å². The van der Waals surface area contributed by atoms with Crippen molar-refractivity contribution in [3.05, 3.63) is 36.0 Å². The molecule has 0 spiro atoms. The van der Waals surface area contributed by atoms with Crippen LogP contribution in [0.15, 0.2) is 30.5 Å². The minimum atomic E-state index is -0.878. The first kappa shape index (κ1) is 15.1. The highest BCUT2D eigenvalue weighted by molar-refractivity contribution is 5.89. The number of para-hydroxylation sites is 1. The molecule has 2 rings (SSSR count). The number of hydrogen-bond donors (Lipinski definition) is 2. The van der Waals surface area contributed by atoms with Gasteiger partial charge in [0, 0.05) is 22.6 Å². The average Bonchev–Trinajstić information content (AvgIpc) is 2.65. The van der Waals surface area contributed by atoms with Gasteiger partial charge in [-0.2, -0.15) is 0 Å². The lowest BCUT2D eigenvalue weighted by Crippen LogP contribution is -2.42. The maximum atomic E-state index is 12.1. The number of carboxylic acids is 1. The Morgan fingerprint density at radius 2 is 1.90 bits per heavy atom. The number of rotatable bonds is 4. The Morgan fingerprint density at radius 1 is 1.24 bits per heavy atom. The monoisotopic (exact) mass is 288 g/mol. The van der Waals surface area contributed by atoms with E-state index >= 15 is 0 Å². The van der Waals surface area contributed by atoms with Gasteiger partial charge in [0.05, 0.1) is 6.42 Å². The van der Waals surface area contributed by atoms with E-state index in [0.29, 0.717) is 0 Å². The van der Waals surface area contributed by atoms with E-state index in [2.05, 4.69) is 5.32 Å². The normalized spacial score (nSPS) is 11.6. The van der Waals surface area contributed by atoms with Gasteiger partial charge in [-0.05, 0) is 32.4 Å². The molecule has 0 radical (unpaired) electrons. The first-order valence-electron chi connectivity index (χ1n) is 6.86. The summed E-state index contributed by atoms with van der Waals surface area (Å²) in [4.78, 5) is 23.0. The maximum Gasteiger partial charge on any atom is 0.307 e. The third-order valence-electron chi connectivity index (χ3n) is 3.04. The molecule has 21 heavy (non-hydrogen) atoms. The second-order valence-electron chi connectivity index (χ2n) is 6.17. The predicted octanol–water partition coefficient (Wildman–Crippen LogP) is 2.18. The van der Waals surface area contributed by atoms with E-state index in [9.17, 15) is 9.59 Å². The zero-order valence-electron chi connectivity index (χ0n) is 12.5. The molecule has 0 bridgehead atoms. The second-order valence-corrected chi connectivity index (χ2v) is 6.17. The quantitative estimate of drug-likeness (QED) is 0.906. The molecule has 112 valence electrons. The van der Waals surface area contributed by atoms with Gasteiger partial charge in [-0.15, -0.1) is 0 Å². The molecule has 2 aromatic rings. The zero-order chi connectivity index (χ0) is 15.6. The van der Waals surface area contributed by atoms with Crippen LogP contribution in [0.25, 0.3) is 10.9 Å². The number of nitrogens with zero attached hydrogens (tertiary/aromatic N) is 1. The first-order chi connectivity index (χ1) is 9.76. The SMILES string of the molecule is CC(C)(C)NC(=O)Cn1cc(CC(=O)O)c2ccccc21. The number of aromatic nitrogens is 1. The third kappa shape index (κ3) is 3.84. The maximum absolute atomic E-state index is 12.1. The molecule has 0 aliphatic heterocycles. The molecular weight excluding hydrogens is 268 g/mol. The number of carboxylic acid groups (broad SMARTS) is 1. The lowest BCUT2D eigenvalue weighted by atomic mass is 10.1. The number of carbonyl (C=O) groups excluding carboxylic acids is 1. The van der Waals surface area contributed by atoms with Crippen LogP contribution in [0, 0.1) is 0 Å². The zero-order valence-corrected chi connectivity index (χ0v) is 12.5. The van der Waals surface area contributed by atoms with Crippen molar-refractivity contribution in [2.45, 2.75) is 39.3 Å². The lowest BCUT2D eigenvalue weighted by Gasteiger charge is -2.20. The van der Waals surface area contributed by atoms with Crippen LogP contribution in [0.4, 0.5) is 0 Å². The van der Waals surface area contributed by atoms with Crippen LogP contribution in [0.1, 0.15) is 26.3 Å². The third-order valence-corrected chi connectivity index (χ3v) is 3.04. The summed E-state index contributed by atoms with van der Waals surface area (Å²) >= 11 is 0. The van der Waals surface area contributed by atoms with Crippen molar-refractivity contribution in [3.8, 4) is 0 Å². The standard InChI is InChI=1S/C16H20N2O3/c1-16(2,3)17-14(19)10-18-9-11(8-15(20)21)12-6-4-5-7-13(12)18/h4-7,9H,8,10H2,1-3H3,(H,17,19)(H,20,21). The smallest absolute Gasteiger partial charge is 0.307 e. The van der Waals surface area contributed by atoms with Crippen LogP contribution in [-0.2, 0) is 22.6 Å². The summed E-state index contributed by atoms with van der Waals surface area (Å²) < 4.78 is 1.80. The molecule has 1 amide bonds. The van der Waals surface area contributed by atoms with E-state index < -0.39 is 5.97 Å². The Labute approximate surface area is 123 Å². The second kappa shape index (κ2) is 5.60. The summed E-state index contributed by atoms with van der Waals surface area (Å²) in [6.45, 7) is 5.95. The number of fused-ring (bicyclic) bond motifs is 1. The molecule has 0 saturated heterocycles. The van der Waals surface area contributed by atoms with E-state index in [-0.39, 0.29) is 24.4 Å². The molecular formula is C16H20N2O3. The van der Waals surface area contributed by atoms with Crippen LogP contribution in [0.5, 0.6) is 0 Å². The highest BCUT2D eigenvalue weighted by Gasteiger charge is 2.16. The fourth-order valence-corrected chi connectivity index (χ4v) is 2.37. The largest absolute Gasteiger partial charge is 0.481 e. The van der Waals surface area contributed by atoms with Gasteiger partial charge in [-0.25, -0.2) is 0 Å². The molecule has 0 unspecified atom stereocenters. The Bertz CT molecular complexity index is 680. The van der Waals surface area contributed by atoms with Crippen LogP contribution in [0.3, 0.4) is 0 Å². The molecule has 1 heterocycles. The van der Waals surface area contributed by atoms with Crippen LogP contribution < -0.4 is 5.32 Å². The van der Waals surface area contributed by atoms with E-state index in [1.54, 1.807) is 10.8 Å². The molecule has 1 aromatic heterocycles. The van der Waals surface area contributed by atoms with Crippen LogP contribution in [-0.4, -0.2) is 27.1 Å². The summed E-state index contributed by atoms with van der Waals surface area (Å²) in [5.74, 6) is -0.970. The van der Waals surface area contributed by atoms with Crippen LogP contribution in [0.2, 0.25) is 0 Å². The van der Waals surface area contributed by atoms with Crippen molar-refractivity contribution in [2.24, 2.45) is 0 Å². The number of aliphatic carboxylic acids is 1. The van der Waals surface area contributed by atoms with Gasteiger partial charge in [0.25, 0.3) is 0 Å². The van der Waals surface area contributed by atoms with E-state index in [0.717, 1.165) is 16.5 Å². The number of carbonyl (C=O) groups is 2. The van der Waals surface area contributed by atoms with Gasteiger partial charge in [-0.1, -0.05) is 18.2 Å². The lowest BCUT2D eigenvalue weighted by molar-refractivity contribution is -0.136. The minimum Gasteiger partial charge on any atom is -0.481 e. The number of hydrogen-bond acceptors (Lipinski definition) is 2. The minimum absolute atomic E-state index is 0.0472. The van der Waals surface area contributed by atoms with E-state index in [1.165, 1.54) is 0 Å². The molecule has 5 heteroatoms. The Hall–Kier alpha value is -2.30. The summed E-state index contributed by atoms with van der Waals surface area (Å²) in [7, 11) is 0. The Balaban J connectivity index is 2.32. The van der Waals surface area contributed by atoms with Gasteiger partial charge in [0.15, 0.2) is 0 Å². The number of amides is 1. The molecule has 0 fully saturated rings. The van der Waals surface area contributed by atoms with Crippen molar-refractivity contribution in [1.29, 1.82) is 0 Å². The molecule has 0 aliphatic carbocycles. The van der Waals surface area contributed by atoms with Gasteiger partial charge >= 0.3 is 5.97 Å².